The third kappa shape index (κ3) is 1.83. The summed E-state index contributed by atoms with van der Waals surface area (Å²) < 4.78 is 11.5. The smallest absolute Gasteiger partial charge is 0.171 e. The Bertz CT molecular complexity index is 319. The summed E-state index contributed by atoms with van der Waals surface area (Å²) in [5.41, 5.74) is 0. The van der Waals surface area contributed by atoms with Gasteiger partial charge in [0.15, 0.2) is 5.79 Å². The Morgan fingerprint density at radius 1 is 1.40 bits per heavy atom. The van der Waals surface area contributed by atoms with Crippen LogP contribution in [-0.2, 0) is 9.47 Å². The van der Waals surface area contributed by atoms with E-state index in [-0.39, 0.29) is 5.79 Å². The van der Waals surface area contributed by atoms with Crippen molar-refractivity contribution in [1.29, 1.82) is 0 Å². The van der Waals surface area contributed by atoms with Crippen molar-refractivity contribution in [1.82, 2.24) is 5.32 Å². The predicted octanol–water partition coefficient (Wildman–Crippen LogP) is 1.92. The maximum Gasteiger partial charge on any atom is 0.171 e. The lowest BCUT2D eigenvalue weighted by molar-refractivity contribution is -0.180. The molecule has 1 unspecified atom stereocenters. The number of rotatable bonds is 1. The van der Waals surface area contributed by atoms with Gasteiger partial charge >= 0.3 is 0 Å². The maximum atomic E-state index is 5.75. The van der Waals surface area contributed by atoms with Gasteiger partial charge in [0.25, 0.3) is 0 Å². The normalized spacial score (nSPS) is 29.7. The molecule has 0 bridgehead atoms. The van der Waals surface area contributed by atoms with Gasteiger partial charge < -0.3 is 14.8 Å². The van der Waals surface area contributed by atoms with Crippen molar-refractivity contribution < 1.29 is 9.47 Å². The highest BCUT2D eigenvalue weighted by Crippen LogP contribution is 2.37. The number of piperidine rings is 1. The summed E-state index contributed by atoms with van der Waals surface area (Å²) in [4.78, 5) is 1.38. The molecule has 1 spiro atoms. The minimum Gasteiger partial charge on any atom is -0.347 e. The van der Waals surface area contributed by atoms with Crippen molar-refractivity contribution in [3.63, 3.8) is 0 Å². The van der Waals surface area contributed by atoms with Crippen LogP contribution in [0, 0.1) is 0 Å². The van der Waals surface area contributed by atoms with Gasteiger partial charge in [-0.25, -0.2) is 0 Å². The number of ether oxygens (including phenoxy) is 2. The fraction of sp³-hybridized carbons (Fsp3) is 0.636. The molecule has 0 radical (unpaired) electrons. The fourth-order valence-electron chi connectivity index (χ4n) is 2.37. The lowest BCUT2D eigenvalue weighted by atomic mass is 9.97. The van der Waals surface area contributed by atoms with Gasteiger partial charge in [-0.05, 0) is 11.4 Å². The van der Waals surface area contributed by atoms with E-state index in [0.29, 0.717) is 6.04 Å². The molecule has 1 atom stereocenters. The molecule has 15 heavy (non-hydrogen) atoms. The Hall–Kier alpha value is -0.420. The second-order valence-electron chi connectivity index (χ2n) is 4.08. The van der Waals surface area contributed by atoms with Crippen molar-refractivity contribution in [2.45, 2.75) is 24.7 Å². The molecule has 0 aliphatic carbocycles. The van der Waals surface area contributed by atoms with Gasteiger partial charge in [-0.2, -0.15) is 0 Å². The maximum absolute atomic E-state index is 5.75. The summed E-state index contributed by atoms with van der Waals surface area (Å²) in [5.74, 6) is -0.292. The second kappa shape index (κ2) is 3.87. The molecule has 1 N–H and O–H groups in total. The molecule has 2 saturated heterocycles. The molecule has 0 aromatic carbocycles. The summed E-state index contributed by atoms with van der Waals surface area (Å²) in [5, 5.41) is 5.64. The van der Waals surface area contributed by atoms with Crippen LogP contribution in [0.1, 0.15) is 23.8 Å². The molecule has 1 aromatic rings. The minimum atomic E-state index is -0.292. The van der Waals surface area contributed by atoms with Crippen molar-refractivity contribution in [3.8, 4) is 0 Å². The SMILES string of the molecule is c1csc(C2CC3(CCN2)OCCO3)c1. The highest BCUT2D eigenvalue weighted by Gasteiger charge is 2.41. The van der Waals surface area contributed by atoms with Crippen LogP contribution in [0.4, 0.5) is 0 Å². The van der Waals surface area contributed by atoms with Gasteiger partial charge in [-0.15, -0.1) is 11.3 Å². The van der Waals surface area contributed by atoms with Gasteiger partial charge in [0.05, 0.1) is 13.2 Å². The van der Waals surface area contributed by atoms with Gasteiger partial charge in [-0.3, -0.25) is 0 Å². The first-order chi connectivity index (χ1) is 7.38. The summed E-state index contributed by atoms with van der Waals surface area (Å²) >= 11 is 1.80. The third-order valence-corrected chi connectivity index (χ3v) is 4.10. The van der Waals surface area contributed by atoms with Crippen molar-refractivity contribution in [3.05, 3.63) is 22.4 Å². The third-order valence-electron chi connectivity index (χ3n) is 3.11. The summed E-state index contributed by atoms with van der Waals surface area (Å²) in [6, 6.07) is 4.67. The van der Waals surface area contributed by atoms with E-state index in [1.165, 1.54) is 4.88 Å². The minimum absolute atomic E-state index is 0.292. The van der Waals surface area contributed by atoms with E-state index in [1.807, 2.05) is 0 Å². The van der Waals surface area contributed by atoms with Crippen LogP contribution in [0.2, 0.25) is 0 Å². The first-order valence-corrected chi connectivity index (χ1v) is 6.31. The van der Waals surface area contributed by atoms with E-state index in [2.05, 4.69) is 22.8 Å². The average Bonchev–Trinajstić information content (AvgIpc) is 2.89. The van der Waals surface area contributed by atoms with E-state index < -0.39 is 0 Å². The Labute approximate surface area is 93.4 Å². The lowest BCUT2D eigenvalue weighted by Crippen LogP contribution is -2.44. The molecule has 2 aliphatic rings. The van der Waals surface area contributed by atoms with E-state index in [0.717, 1.165) is 32.6 Å². The van der Waals surface area contributed by atoms with Gasteiger partial charge in [0, 0.05) is 30.3 Å². The first-order valence-electron chi connectivity index (χ1n) is 5.43. The molecular weight excluding hydrogens is 210 g/mol. The zero-order valence-corrected chi connectivity index (χ0v) is 9.39. The van der Waals surface area contributed by atoms with Gasteiger partial charge in [0.1, 0.15) is 0 Å². The molecular formula is C11H15NO2S. The zero-order chi connectivity index (χ0) is 10.1. The molecule has 3 rings (SSSR count). The average molecular weight is 225 g/mol. The molecule has 3 heterocycles. The molecule has 0 amide bonds. The van der Waals surface area contributed by atoms with Crippen LogP contribution in [0.5, 0.6) is 0 Å². The van der Waals surface area contributed by atoms with Crippen molar-refractivity contribution in [2.75, 3.05) is 19.8 Å². The zero-order valence-electron chi connectivity index (χ0n) is 8.57. The quantitative estimate of drug-likeness (QED) is 0.792. The number of thiophene rings is 1. The Morgan fingerprint density at radius 2 is 2.27 bits per heavy atom. The van der Waals surface area contributed by atoms with E-state index in [9.17, 15) is 0 Å². The predicted molar refractivity (Wildman–Crippen MR) is 58.9 cm³/mol. The molecule has 3 nitrogen and oxygen atoms in total. The van der Waals surface area contributed by atoms with Crippen molar-refractivity contribution >= 4 is 11.3 Å². The number of hydrogen-bond acceptors (Lipinski definition) is 4. The fourth-order valence-corrected chi connectivity index (χ4v) is 3.17. The van der Waals surface area contributed by atoms with E-state index >= 15 is 0 Å². The number of nitrogens with one attached hydrogen (secondary N) is 1. The van der Waals surface area contributed by atoms with Crippen LogP contribution in [0.3, 0.4) is 0 Å². The molecule has 2 fully saturated rings. The molecule has 0 saturated carbocycles. The topological polar surface area (TPSA) is 30.5 Å². The highest BCUT2D eigenvalue weighted by atomic mass is 32.1. The standard InChI is InChI=1S/C11H15NO2S/c1-2-10(15-7-1)9-8-11(3-4-12-9)13-5-6-14-11/h1-2,7,9,12H,3-6,8H2. The molecule has 1 aromatic heterocycles. The van der Waals surface area contributed by atoms with E-state index in [1.54, 1.807) is 11.3 Å². The second-order valence-corrected chi connectivity index (χ2v) is 5.06. The van der Waals surface area contributed by atoms with Crippen LogP contribution in [0.15, 0.2) is 17.5 Å². The summed E-state index contributed by atoms with van der Waals surface area (Å²) in [6.45, 7) is 2.47. The number of hydrogen-bond donors (Lipinski definition) is 1. The highest BCUT2D eigenvalue weighted by molar-refractivity contribution is 7.10. The first kappa shape index (κ1) is 9.78. The Balaban J connectivity index is 1.76. The summed E-state index contributed by atoms with van der Waals surface area (Å²) in [7, 11) is 0. The molecule has 82 valence electrons. The van der Waals surface area contributed by atoms with Crippen LogP contribution in [-0.4, -0.2) is 25.5 Å². The molecule has 2 aliphatic heterocycles. The van der Waals surface area contributed by atoms with Gasteiger partial charge in [0.2, 0.25) is 0 Å². The van der Waals surface area contributed by atoms with Crippen LogP contribution in [0.25, 0.3) is 0 Å². The van der Waals surface area contributed by atoms with Gasteiger partial charge in [-0.1, -0.05) is 6.07 Å². The van der Waals surface area contributed by atoms with E-state index in [4.69, 9.17) is 9.47 Å². The monoisotopic (exact) mass is 225 g/mol. The summed E-state index contributed by atoms with van der Waals surface area (Å²) in [6.07, 6.45) is 1.91. The Morgan fingerprint density at radius 3 is 3.00 bits per heavy atom. The van der Waals surface area contributed by atoms with Crippen LogP contribution >= 0.6 is 11.3 Å². The lowest BCUT2D eigenvalue weighted by Gasteiger charge is -2.36. The largest absolute Gasteiger partial charge is 0.347 e. The van der Waals surface area contributed by atoms with Crippen molar-refractivity contribution in [2.24, 2.45) is 0 Å². The van der Waals surface area contributed by atoms with Crippen LogP contribution < -0.4 is 5.32 Å². The molecule has 4 heteroatoms. The Kier molecular flexibility index (Phi) is 2.52.